The number of benzene rings is 2. The van der Waals surface area contributed by atoms with E-state index in [1.807, 2.05) is 74.5 Å². The first kappa shape index (κ1) is 21.1. The zero-order valence-electron chi connectivity index (χ0n) is 17.2. The summed E-state index contributed by atoms with van der Waals surface area (Å²) in [5.74, 6) is -0.169. The highest BCUT2D eigenvalue weighted by molar-refractivity contribution is 5.82. The molecule has 0 spiro atoms. The number of carbonyl (C=O) groups is 2. The minimum absolute atomic E-state index is 0.00251. The van der Waals surface area contributed by atoms with E-state index in [0.717, 1.165) is 37.1 Å². The maximum Gasteiger partial charge on any atom is 0.309 e. The lowest BCUT2D eigenvalue weighted by molar-refractivity contribution is -0.149. The number of carbonyl (C=O) groups excluding carboxylic acids is 2. The average Bonchev–Trinajstić information content (AvgIpc) is 2.78. The van der Waals surface area contributed by atoms with Crippen LogP contribution >= 0.6 is 0 Å². The molecule has 154 valence electrons. The van der Waals surface area contributed by atoms with Gasteiger partial charge in [0.25, 0.3) is 0 Å². The molecule has 3 rings (SSSR count). The molecule has 1 amide bonds. The number of amides is 1. The van der Waals surface area contributed by atoms with E-state index >= 15 is 0 Å². The molecule has 1 fully saturated rings. The first-order chi connectivity index (χ1) is 14.1. The van der Waals surface area contributed by atoms with Crippen LogP contribution in [0.2, 0.25) is 0 Å². The Morgan fingerprint density at radius 1 is 1.00 bits per heavy atom. The first-order valence-corrected chi connectivity index (χ1v) is 10.4. The van der Waals surface area contributed by atoms with Crippen molar-refractivity contribution in [2.75, 3.05) is 19.7 Å². The van der Waals surface area contributed by atoms with E-state index in [2.05, 4.69) is 10.2 Å². The van der Waals surface area contributed by atoms with Gasteiger partial charge in [0.15, 0.2) is 0 Å². The van der Waals surface area contributed by atoms with E-state index in [1.54, 1.807) is 0 Å². The minimum Gasteiger partial charge on any atom is -0.466 e. The first-order valence-electron chi connectivity index (χ1n) is 10.4. The third kappa shape index (κ3) is 5.45. The Kier molecular flexibility index (Phi) is 7.42. The lowest BCUT2D eigenvalue weighted by Gasteiger charge is -2.35. The third-order valence-electron chi connectivity index (χ3n) is 5.63. The number of piperidine rings is 1. The molecule has 5 heteroatoms. The van der Waals surface area contributed by atoms with Gasteiger partial charge in [0.2, 0.25) is 5.91 Å². The molecule has 5 nitrogen and oxygen atoms in total. The van der Waals surface area contributed by atoms with Gasteiger partial charge in [-0.15, -0.1) is 0 Å². The van der Waals surface area contributed by atoms with Crippen molar-refractivity contribution in [3.05, 3.63) is 71.8 Å². The Hall–Kier alpha value is -2.66. The van der Waals surface area contributed by atoms with Crippen LogP contribution in [0.15, 0.2) is 60.7 Å². The van der Waals surface area contributed by atoms with E-state index < -0.39 is 0 Å². The van der Waals surface area contributed by atoms with Crippen LogP contribution in [0.3, 0.4) is 0 Å². The molecule has 1 N–H and O–H groups in total. The topological polar surface area (TPSA) is 58.6 Å². The molecule has 1 saturated heterocycles. The number of likely N-dealkylation sites (tertiary alicyclic amines) is 1. The van der Waals surface area contributed by atoms with Crippen LogP contribution in [0.25, 0.3) is 0 Å². The van der Waals surface area contributed by atoms with Gasteiger partial charge < -0.3 is 10.1 Å². The van der Waals surface area contributed by atoms with Crippen molar-refractivity contribution in [1.82, 2.24) is 10.2 Å². The van der Waals surface area contributed by atoms with Crippen molar-refractivity contribution in [3.8, 4) is 0 Å². The summed E-state index contributed by atoms with van der Waals surface area (Å²) in [6.45, 7) is 5.62. The number of ether oxygens (including phenoxy) is 1. The Morgan fingerprint density at radius 3 is 2.00 bits per heavy atom. The highest BCUT2D eigenvalue weighted by Gasteiger charge is 2.31. The summed E-state index contributed by atoms with van der Waals surface area (Å²) in [6, 6.07) is 19.6. The summed E-state index contributed by atoms with van der Waals surface area (Å²) in [4.78, 5) is 27.2. The van der Waals surface area contributed by atoms with Crippen molar-refractivity contribution >= 4 is 11.9 Å². The van der Waals surface area contributed by atoms with Crippen molar-refractivity contribution in [2.45, 2.75) is 38.8 Å². The van der Waals surface area contributed by atoms with Gasteiger partial charge in [-0.1, -0.05) is 60.7 Å². The lowest BCUT2D eigenvalue weighted by atomic mass is 9.95. The van der Waals surface area contributed by atoms with Crippen LogP contribution in [-0.2, 0) is 14.3 Å². The van der Waals surface area contributed by atoms with E-state index in [-0.39, 0.29) is 29.9 Å². The third-order valence-corrected chi connectivity index (χ3v) is 5.63. The molecular weight excluding hydrogens is 364 g/mol. The van der Waals surface area contributed by atoms with Gasteiger partial charge in [-0.05, 0) is 50.9 Å². The van der Waals surface area contributed by atoms with Gasteiger partial charge in [-0.3, -0.25) is 14.5 Å². The van der Waals surface area contributed by atoms with Crippen LogP contribution in [0.5, 0.6) is 0 Å². The van der Waals surface area contributed by atoms with Crippen molar-refractivity contribution in [3.63, 3.8) is 0 Å². The summed E-state index contributed by atoms with van der Waals surface area (Å²) in [5, 5.41) is 3.23. The molecule has 2 aromatic carbocycles. The maximum atomic E-state index is 13.1. The van der Waals surface area contributed by atoms with E-state index in [0.29, 0.717) is 6.61 Å². The average molecular weight is 395 g/mol. The molecule has 2 aromatic rings. The van der Waals surface area contributed by atoms with Crippen molar-refractivity contribution in [1.29, 1.82) is 0 Å². The van der Waals surface area contributed by atoms with Gasteiger partial charge in [0, 0.05) is 0 Å². The van der Waals surface area contributed by atoms with Crippen molar-refractivity contribution < 1.29 is 14.3 Å². The van der Waals surface area contributed by atoms with Crippen LogP contribution < -0.4 is 5.32 Å². The normalized spacial score (nSPS) is 16.4. The molecule has 1 heterocycles. The molecule has 29 heavy (non-hydrogen) atoms. The Morgan fingerprint density at radius 2 is 1.52 bits per heavy atom. The second-order valence-corrected chi connectivity index (χ2v) is 7.50. The van der Waals surface area contributed by atoms with E-state index in [9.17, 15) is 9.59 Å². The maximum absolute atomic E-state index is 13.1. The van der Waals surface area contributed by atoms with Crippen LogP contribution in [0.1, 0.15) is 43.9 Å². The second-order valence-electron chi connectivity index (χ2n) is 7.50. The molecule has 0 aromatic heterocycles. The predicted molar refractivity (Wildman–Crippen MR) is 113 cm³/mol. The largest absolute Gasteiger partial charge is 0.466 e. The second kappa shape index (κ2) is 10.2. The van der Waals surface area contributed by atoms with Crippen LogP contribution in [0.4, 0.5) is 0 Å². The molecule has 1 aliphatic rings. The van der Waals surface area contributed by atoms with Gasteiger partial charge in [-0.2, -0.15) is 0 Å². The number of nitrogens with zero attached hydrogens (tertiary/aromatic N) is 1. The molecule has 0 bridgehead atoms. The molecule has 1 aliphatic heterocycles. The number of nitrogens with one attached hydrogen (secondary N) is 1. The quantitative estimate of drug-likeness (QED) is 0.730. The van der Waals surface area contributed by atoms with Gasteiger partial charge in [-0.25, -0.2) is 0 Å². The Labute approximate surface area is 173 Å². The highest BCUT2D eigenvalue weighted by Crippen LogP contribution is 2.24. The summed E-state index contributed by atoms with van der Waals surface area (Å²) < 4.78 is 5.14. The summed E-state index contributed by atoms with van der Waals surface area (Å²) in [5.41, 5.74) is 2.11. The molecular formula is C24H30N2O3. The predicted octanol–water partition coefficient (Wildman–Crippen LogP) is 3.56. The summed E-state index contributed by atoms with van der Waals surface area (Å²) in [6.07, 6.45) is 1.47. The minimum atomic E-state index is -0.256. The monoisotopic (exact) mass is 394 g/mol. The summed E-state index contributed by atoms with van der Waals surface area (Å²) >= 11 is 0. The van der Waals surface area contributed by atoms with Gasteiger partial charge >= 0.3 is 5.97 Å². The summed E-state index contributed by atoms with van der Waals surface area (Å²) in [7, 11) is 0. The smallest absolute Gasteiger partial charge is 0.309 e. The van der Waals surface area contributed by atoms with Crippen LogP contribution in [-0.4, -0.2) is 42.5 Å². The lowest BCUT2D eigenvalue weighted by Crippen LogP contribution is -2.49. The molecule has 0 saturated carbocycles. The highest BCUT2D eigenvalue weighted by atomic mass is 16.5. The zero-order chi connectivity index (χ0) is 20.6. The standard InChI is InChI=1S/C24H30N2O3/c1-3-29-24(28)21-14-16-26(17-15-21)18(2)23(27)25-22(19-10-6-4-7-11-19)20-12-8-5-9-13-20/h4-13,18,21-22H,3,14-17H2,1-2H3,(H,25,27)/t18-/m1/s1. The van der Waals surface area contributed by atoms with Gasteiger partial charge in [0.1, 0.15) is 0 Å². The molecule has 0 radical (unpaired) electrons. The Bertz CT molecular complexity index is 747. The zero-order valence-corrected chi connectivity index (χ0v) is 17.2. The Balaban J connectivity index is 1.65. The molecule has 0 unspecified atom stereocenters. The van der Waals surface area contributed by atoms with Gasteiger partial charge in [0.05, 0.1) is 24.6 Å². The van der Waals surface area contributed by atoms with Crippen LogP contribution in [0, 0.1) is 5.92 Å². The molecule has 1 atom stereocenters. The fourth-order valence-electron chi connectivity index (χ4n) is 3.86. The van der Waals surface area contributed by atoms with Crippen molar-refractivity contribution in [2.24, 2.45) is 5.92 Å². The molecule has 0 aliphatic carbocycles. The van der Waals surface area contributed by atoms with E-state index in [4.69, 9.17) is 4.74 Å². The number of rotatable bonds is 7. The fraction of sp³-hybridized carbons (Fsp3) is 0.417. The van der Waals surface area contributed by atoms with E-state index in [1.165, 1.54) is 0 Å². The number of esters is 1. The SMILES string of the molecule is CCOC(=O)C1CCN([C@H](C)C(=O)NC(c2ccccc2)c2ccccc2)CC1. The fourth-order valence-corrected chi connectivity index (χ4v) is 3.86. The number of hydrogen-bond donors (Lipinski definition) is 1. The number of hydrogen-bond acceptors (Lipinski definition) is 4.